The maximum Gasteiger partial charge on any atom is 0.225 e. The van der Waals surface area contributed by atoms with E-state index in [0.29, 0.717) is 11.4 Å². The Morgan fingerprint density at radius 3 is 2.78 bits per heavy atom. The summed E-state index contributed by atoms with van der Waals surface area (Å²) in [4.78, 5) is 20.2. The van der Waals surface area contributed by atoms with E-state index in [2.05, 4.69) is 15.3 Å². The molecule has 5 nitrogen and oxygen atoms in total. The lowest BCUT2D eigenvalue weighted by Crippen LogP contribution is -2.32. The fourth-order valence-corrected chi connectivity index (χ4v) is 3.31. The van der Waals surface area contributed by atoms with Gasteiger partial charge in [-0.25, -0.2) is 9.37 Å². The van der Waals surface area contributed by atoms with Crippen LogP contribution in [0.5, 0.6) is 0 Å². The quantitative estimate of drug-likeness (QED) is 0.571. The van der Waals surface area contributed by atoms with Crippen LogP contribution in [0.15, 0.2) is 67.1 Å². The Hall–Kier alpha value is -3.41. The molecule has 2 N–H and O–H groups in total. The van der Waals surface area contributed by atoms with E-state index >= 15 is 0 Å². The summed E-state index contributed by atoms with van der Waals surface area (Å²) in [5.74, 6) is 0.00118. The average molecular weight is 362 g/mol. The Balaban J connectivity index is 1.63. The highest BCUT2D eigenvalue weighted by molar-refractivity contribution is 5.89. The van der Waals surface area contributed by atoms with Gasteiger partial charge in [0.05, 0.1) is 6.42 Å². The Morgan fingerprint density at radius 2 is 2.00 bits per heavy atom. The number of carbonyl (C=O) groups excluding carboxylic acids is 1. The number of nitrogens with one attached hydrogen (secondary N) is 2. The van der Waals surface area contributed by atoms with Crippen molar-refractivity contribution in [3.05, 3.63) is 89.9 Å². The molecular weight excluding hydrogens is 343 g/mol. The van der Waals surface area contributed by atoms with E-state index in [4.69, 9.17) is 0 Å². The second-order valence-corrected chi connectivity index (χ2v) is 6.45. The van der Waals surface area contributed by atoms with Crippen LogP contribution in [-0.4, -0.2) is 20.4 Å². The molecule has 2 heterocycles. The number of aryl methyl sites for hydroxylation is 1. The van der Waals surface area contributed by atoms with Gasteiger partial charge in [-0.2, -0.15) is 0 Å². The first kappa shape index (κ1) is 17.0. The molecule has 0 spiro atoms. The van der Waals surface area contributed by atoms with Crippen molar-refractivity contribution in [1.29, 1.82) is 0 Å². The number of hydrogen-bond donors (Lipinski definition) is 2. The van der Waals surface area contributed by atoms with E-state index in [0.717, 1.165) is 16.5 Å². The number of hydrogen-bond acceptors (Lipinski definition) is 2. The maximum absolute atomic E-state index is 14.4. The molecule has 0 aliphatic rings. The zero-order chi connectivity index (χ0) is 18.8. The van der Waals surface area contributed by atoms with Crippen molar-refractivity contribution in [1.82, 2.24) is 19.9 Å². The number of para-hydroxylation sites is 1. The van der Waals surface area contributed by atoms with Crippen molar-refractivity contribution >= 4 is 16.8 Å². The van der Waals surface area contributed by atoms with Crippen molar-refractivity contribution < 1.29 is 9.18 Å². The summed E-state index contributed by atoms with van der Waals surface area (Å²) in [5.41, 5.74) is 2.27. The van der Waals surface area contributed by atoms with Crippen LogP contribution in [0.4, 0.5) is 4.39 Å². The molecule has 0 radical (unpaired) electrons. The van der Waals surface area contributed by atoms with Crippen molar-refractivity contribution in [3.63, 3.8) is 0 Å². The highest BCUT2D eigenvalue weighted by atomic mass is 19.1. The highest BCUT2D eigenvalue weighted by Gasteiger charge is 2.23. The van der Waals surface area contributed by atoms with Crippen molar-refractivity contribution in [2.75, 3.05) is 0 Å². The monoisotopic (exact) mass is 362 g/mol. The van der Waals surface area contributed by atoms with Gasteiger partial charge in [0.2, 0.25) is 5.91 Å². The summed E-state index contributed by atoms with van der Waals surface area (Å²) in [7, 11) is 1.82. The SMILES string of the molecule is Cn1ccnc1C(NC(=O)Cc1c[nH]c2ccccc12)c1ccccc1F. The van der Waals surface area contributed by atoms with Crippen molar-refractivity contribution in [2.45, 2.75) is 12.5 Å². The van der Waals surface area contributed by atoms with Crippen LogP contribution < -0.4 is 5.32 Å². The van der Waals surface area contributed by atoms with Gasteiger partial charge in [0.25, 0.3) is 0 Å². The number of carbonyl (C=O) groups is 1. The van der Waals surface area contributed by atoms with Gasteiger partial charge >= 0.3 is 0 Å². The molecule has 0 saturated heterocycles. The van der Waals surface area contributed by atoms with Crippen LogP contribution in [-0.2, 0) is 18.3 Å². The third kappa shape index (κ3) is 3.33. The Kier molecular flexibility index (Phi) is 4.46. The molecule has 4 rings (SSSR count). The van der Waals surface area contributed by atoms with E-state index in [-0.39, 0.29) is 18.1 Å². The second-order valence-electron chi connectivity index (χ2n) is 6.45. The number of rotatable bonds is 5. The van der Waals surface area contributed by atoms with Crippen LogP contribution >= 0.6 is 0 Å². The Labute approximate surface area is 155 Å². The van der Waals surface area contributed by atoms with E-state index in [1.54, 1.807) is 35.2 Å². The molecule has 0 fully saturated rings. The van der Waals surface area contributed by atoms with Gasteiger partial charge in [-0.1, -0.05) is 36.4 Å². The first-order chi connectivity index (χ1) is 13.1. The molecule has 27 heavy (non-hydrogen) atoms. The summed E-state index contributed by atoms with van der Waals surface area (Å²) >= 11 is 0. The summed E-state index contributed by atoms with van der Waals surface area (Å²) in [6.07, 6.45) is 5.44. The predicted octanol–water partition coefficient (Wildman–Crippen LogP) is 3.49. The maximum atomic E-state index is 14.4. The van der Waals surface area contributed by atoms with E-state index in [9.17, 15) is 9.18 Å². The number of halogens is 1. The minimum absolute atomic E-state index is 0.194. The molecule has 1 atom stereocenters. The zero-order valence-electron chi connectivity index (χ0n) is 14.8. The minimum atomic E-state index is -0.663. The second kappa shape index (κ2) is 7.07. The zero-order valence-corrected chi connectivity index (χ0v) is 14.8. The molecule has 0 aliphatic carbocycles. The van der Waals surface area contributed by atoms with Crippen LogP contribution in [0.3, 0.4) is 0 Å². The molecule has 6 heteroatoms. The third-order valence-electron chi connectivity index (χ3n) is 4.66. The fourth-order valence-electron chi connectivity index (χ4n) is 3.31. The lowest BCUT2D eigenvalue weighted by Gasteiger charge is -2.19. The van der Waals surface area contributed by atoms with Gasteiger partial charge < -0.3 is 14.9 Å². The first-order valence-corrected chi connectivity index (χ1v) is 8.69. The molecular formula is C21H19FN4O. The molecule has 1 amide bonds. The number of H-pyrrole nitrogens is 1. The molecule has 0 saturated carbocycles. The molecule has 2 aromatic heterocycles. The normalized spacial score (nSPS) is 12.2. The topological polar surface area (TPSA) is 62.7 Å². The number of amides is 1. The van der Waals surface area contributed by atoms with Gasteiger partial charge in [0, 0.05) is 42.1 Å². The third-order valence-corrected chi connectivity index (χ3v) is 4.66. The molecule has 136 valence electrons. The lowest BCUT2D eigenvalue weighted by molar-refractivity contribution is -0.121. The van der Waals surface area contributed by atoms with E-state index < -0.39 is 6.04 Å². The minimum Gasteiger partial charge on any atom is -0.361 e. The Morgan fingerprint density at radius 1 is 1.22 bits per heavy atom. The molecule has 1 unspecified atom stereocenters. The number of fused-ring (bicyclic) bond motifs is 1. The van der Waals surface area contributed by atoms with Crippen LogP contribution in [0, 0.1) is 5.82 Å². The molecule has 2 aromatic carbocycles. The number of aromatic nitrogens is 3. The van der Waals surface area contributed by atoms with Crippen LogP contribution in [0.1, 0.15) is 23.0 Å². The van der Waals surface area contributed by atoms with Crippen LogP contribution in [0.2, 0.25) is 0 Å². The summed E-state index contributed by atoms with van der Waals surface area (Å²) in [6, 6.07) is 13.6. The number of imidazole rings is 1. The van der Waals surface area contributed by atoms with Gasteiger partial charge in [-0.05, 0) is 17.7 Å². The number of nitrogens with zero attached hydrogens (tertiary/aromatic N) is 2. The molecule has 0 aliphatic heterocycles. The summed E-state index contributed by atoms with van der Waals surface area (Å²) < 4.78 is 16.2. The summed E-state index contributed by atoms with van der Waals surface area (Å²) in [5, 5.41) is 3.95. The molecule has 0 bridgehead atoms. The van der Waals surface area contributed by atoms with Gasteiger partial charge in [0.15, 0.2) is 0 Å². The first-order valence-electron chi connectivity index (χ1n) is 8.69. The van der Waals surface area contributed by atoms with E-state index in [1.165, 1.54) is 6.07 Å². The van der Waals surface area contributed by atoms with E-state index in [1.807, 2.05) is 37.5 Å². The van der Waals surface area contributed by atoms with Crippen molar-refractivity contribution in [2.24, 2.45) is 7.05 Å². The molecule has 4 aromatic rings. The van der Waals surface area contributed by atoms with Gasteiger partial charge in [-0.15, -0.1) is 0 Å². The lowest BCUT2D eigenvalue weighted by atomic mass is 10.0. The fraction of sp³-hybridized carbons (Fsp3) is 0.143. The number of aromatic amines is 1. The van der Waals surface area contributed by atoms with Gasteiger partial charge in [-0.3, -0.25) is 4.79 Å². The van der Waals surface area contributed by atoms with Crippen molar-refractivity contribution in [3.8, 4) is 0 Å². The summed E-state index contributed by atoms with van der Waals surface area (Å²) in [6.45, 7) is 0. The average Bonchev–Trinajstić information content (AvgIpc) is 3.27. The largest absolute Gasteiger partial charge is 0.361 e. The smallest absolute Gasteiger partial charge is 0.225 e. The predicted molar refractivity (Wildman–Crippen MR) is 102 cm³/mol. The highest BCUT2D eigenvalue weighted by Crippen LogP contribution is 2.24. The number of benzene rings is 2. The standard InChI is InChI=1S/C21H19FN4O/c1-26-11-10-23-21(26)20(16-7-2-4-8-17(16)22)25-19(27)12-14-13-24-18-9-5-3-6-15(14)18/h2-11,13,20,24H,12H2,1H3,(H,25,27). The van der Waals surface area contributed by atoms with Gasteiger partial charge in [0.1, 0.15) is 17.7 Å². The van der Waals surface area contributed by atoms with Crippen LogP contribution in [0.25, 0.3) is 10.9 Å². The Bertz CT molecular complexity index is 1100.